The minimum atomic E-state index is -4.15. The van der Waals surface area contributed by atoms with E-state index in [4.69, 9.17) is 5.73 Å². The molecule has 2 rings (SSSR count). The summed E-state index contributed by atoms with van der Waals surface area (Å²) in [5, 5.41) is 0. The predicted molar refractivity (Wildman–Crippen MR) is 70.0 cm³/mol. The lowest BCUT2D eigenvalue weighted by atomic mass is 9.69. The van der Waals surface area contributed by atoms with E-state index in [-0.39, 0.29) is 5.41 Å². The van der Waals surface area contributed by atoms with Gasteiger partial charge in [0.2, 0.25) is 0 Å². The van der Waals surface area contributed by atoms with Crippen LogP contribution in [0, 0.1) is 0 Å². The third-order valence-electron chi connectivity index (χ3n) is 4.15. The summed E-state index contributed by atoms with van der Waals surface area (Å²) in [5.74, 6) is 0. The number of halogens is 3. The Kier molecular flexibility index (Phi) is 4.19. The highest BCUT2D eigenvalue weighted by atomic mass is 19.4. The second kappa shape index (κ2) is 5.53. The van der Waals surface area contributed by atoms with Crippen LogP contribution >= 0.6 is 0 Å². The van der Waals surface area contributed by atoms with E-state index in [2.05, 4.69) is 0 Å². The Balaban J connectivity index is 2.26. The molecular formula is C15H20F3N. The third kappa shape index (κ3) is 3.50. The highest BCUT2D eigenvalue weighted by Gasteiger charge is 2.33. The van der Waals surface area contributed by atoms with Crippen LogP contribution in [-0.4, -0.2) is 12.7 Å². The van der Waals surface area contributed by atoms with Gasteiger partial charge >= 0.3 is 6.18 Å². The van der Waals surface area contributed by atoms with Gasteiger partial charge in [-0.2, -0.15) is 13.2 Å². The van der Waals surface area contributed by atoms with Crippen LogP contribution < -0.4 is 5.73 Å². The molecule has 0 aromatic heterocycles. The fourth-order valence-electron chi connectivity index (χ4n) is 3.08. The molecule has 1 fully saturated rings. The van der Waals surface area contributed by atoms with Gasteiger partial charge in [-0.3, -0.25) is 0 Å². The summed E-state index contributed by atoms with van der Waals surface area (Å²) in [7, 11) is 0. The fraction of sp³-hybridized carbons (Fsp3) is 0.600. The normalized spacial score (nSPS) is 19.4. The largest absolute Gasteiger partial charge is 0.393 e. The smallest absolute Gasteiger partial charge is 0.330 e. The molecule has 0 unspecified atom stereocenters. The standard InChI is InChI=1S/C15H20F3N/c16-15(17,18)10-12-5-4-6-13(9-12)14(11-19)7-2-1-3-8-14/h4-6,9H,1-3,7-8,10-11,19H2. The van der Waals surface area contributed by atoms with Crippen LogP contribution in [0.15, 0.2) is 24.3 Å². The molecule has 19 heavy (non-hydrogen) atoms. The van der Waals surface area contributed by atoms with Gasteiger partial charge in [0.15, 0.2) is 0 Å². The molecule has 2 N–H and O–H groups in total. The molecule has 106 valence electrons. The summed E-state index contributed by atoms with van der Waals surface area (Å²) in [5.41, 5.74) is 7.13. The Morgan fingerprint density at radius 2 is 1.79 bits per heavy atom. The zero-order valence-corrected chi connectivity index (χ0v) is 11.0. The first-order valence-electron chi connectivity index (χ1n) is 6.81. The summed E-state index contributed by atoms with van der Waals surface area (Å²) in [6, 6.07) is 6.90. The third-order valence-corrected chi connectivity index (χ3v) is 4.15. The van der Waals surface area contributed by atoms with Gasteiger partial charge in [0, 0.05) is 12.0 Å². The van der Waals surface area contributed by atoms with Crippen molar-refractivity contribution < 1.29 is 13.2 Å². The summed E-state index contributed by atoms with van der Waals surface area (Å²) in [6.07, 6.45) is 0.381. The van der Waals surface area contributed by atoms with Crippen LogP contribution in [0.2, 0.25) is 0 Å². The van der Waals surface area contributed by atoms with Crippen molar-refractivity contribution in [3.63, 3.8) is 0 Å². The number of hydrogen-bond acceptors (Lipinski definition) is 1. The van der Waals surface area contributed by atoms with Crippen molar-refractivity contribution >= 4 is 0 Å². The zero-order chi connectivity index (χ0) is 13.9. The van der Waals surface area contributed by atoms with Crippen molar-refractivity contribution in [2.45, 2.75) is 50.1 Å². The molecular weight excluding hydrogens is 251 g/mol. The minimum absolute atomic E-state index is 0.111. The van der Waals surface area contributed by atoms with E-state index >= 15 is 0 Å². The van der Waals surface area contributed by atoms with Crippen molar-refractivity contribution in [2.24, 2.45) is 5.73 Å². The predicted octanol–water partition coefficient (Wildman–Crippen LogP) is 3.95. The minimum Gasteiger partial charge on any atom is -0.330 e. The summed E-state index contributed by atoms with van der Waals surface area (Å²) in [4.78, 5) is 0. The first-order chi connectivity index (χ1) is 8.95. The average Bonchev–Trinajstić information content (AvgIpc) is 2.38. The molecule has 0 radical (unpaired) electrons. The van der Waals surface area contributed by atoms with Gasteiger partial charge in [-0.25, -0.2) is 0 Å². The number of nitrogens with two attached hydrogens (primary N) is 1. The van der Waals surface area contributed by atoms with Crippen LogP contribution in [0.25, 0.3) is 0 Å². The zero-order valence-electron chi connectivity index (χ0n) is 11.0. The quantitative estimate of drug-likeness (QED) is 0.885. The SMILES string of the molecule is NCC1(c2cccc(CC(F)(F)F)c2)CCCCC1. The number of benzene rings is 1. The molecule has 0 spiro atoms. The molecule has 0 amide bonds. The molecule has 0 atom stereocenters. The van der Waals surface area contributed by atoms with E-state index in [9.17, 15) is 13.2 Å². The first kappa shape index (κ1) is 14.4. The van der Waals surface area contributed by atoms with E-state index in [0.717, 1.165) is 31.2 Å². The molecule has 1 aliphatic rings. The van der Waals surface area contributed by atoms with Gasteiger partial charge < -0.3 is 5.73 Å². The van der Waals surface area contributed by atoms with E-state index in [1.165, 1.54) is 6.42 Å². The van der Waals surface area contributed by atoms with Gasteiger partial charge in [0.25, 0.3) is 0 Å². The van der Waals surface area contributed by atoms with E-state index in [1.807, 2.05) is 6.07 Å². The Hall–Kier alpha value is -1.03. The van der Waals surface area contributed by atoms with Gasteiger partial charge in [0.1, 0.15) is 0 Å². The monoisotopic (exact) mass is 271 g/mol. The molecule has 1 saturated carbocycles. The van der Waals surface area contributed by atoms with Gasteiger partial charge in [-0.1, -0.05) is 43.5 Å². The number of rotatable bonds is 3. The molecule has 0 aliphatic heterocycles. The maximum Gasteiger partial charge on any atom is 0.393 e. The molecule has 0 saturated heterocycles. The average molecular weight is 271 g/mol. The molecule has 4 heteroatoms. The van der Waals surface area contributed by atoms with Crippen LogP contribution in [0.1, 0.15) is 43.2 Å². The highest BCUT2D eigenvalue weighted by molar-refractivity contribution is 5.31. The lowest BCUT2D eigenvalue weighted by Gasteiger charge is -2.37. The topological polar surface area (TPSA) is 26.0 Å². The molecule has 0 bridgehead atoms. The van der Waals surface area contributed by atoms with Gasteiger partial charge in [0.05, 0.1) is 6.42 Å². The fourth-order valence-corrected chi connectivity index (χ4v) is 3.08. The van der Waals surface area contributed by atoms with Gasteiger partial charge in [-0.05, 0) is 24.0 Å². The van der Waals surface area contributed by atoms with Crippen molar-refractivity contribution in [3.8, 4) is 0 Å². The molecule has 1 aromatic rings. The Labute approximate surface area is 112 Å². The lowest BCUT2D eigenvalue weighted by molar-refractivity contribution is -0.127. The maximum absolute atomic E-state index is 12.5. The molecule has 1 nitrogen and oxygen atoms in total. The van der Waals surface area contributed by atoms with E-state index in [0.29, 0.717) is 12.1 Å². The van der Waals surface area contributed by atoms with Crippen molar-refractivity contribution in [1.82, 2.24) is 0 Å². The van der Waals surface area contributed by atoms with Crippen LogP contribution in [0.5, 0.6) is 0 Å². The van der Waals surface area contributed by atoms with Crippen molar-refractivity contribution in [1.29, 1.82) is 0 Å². The molecule has 0 heterocycles. The Morgan fingerprint density at radius 1 is 1.11 bits per heavy atom. The van der Waals surface area contributed by atoms with Crippen LogP contribution in [0.3, 0.4) is 0 Å². The molecule has 1 aromatic carbocycles. The Bertz CT molecular complexity index is 420. The van der Waals surface area contributed by atoms with Crippen molar-refractivity contribution in [2.75, 3.05) is 6.54 Å². The maximum atomic E-state index is 12.5. The summed E-state index contributed by atoms with van der Waals surface area (Å²) >= 11 is 0. The Morgan fingerprint density at radius 3 is 2.37 bits per heavy atom. The van der Waals surface area contributed by atoms with Crippen molar-refractivity contribution in [3.05, 3.63) is 35.4 Å². The highest BCUT2D eigenvalue weighted by Crippen LogP contribution is 2.39. The van der Waals surface area contributed by atoms with E-state index < -0.39 is 12.6 Å². The van der Waals surface area contributed by atoms with Crippen LogP contribution in [-0.2, 0) is 11.8 Å². The summed E-state index contributed by atoms with van der Waals surface area (Å²) in [6.45, 7) is 0.516. The van der Waals surface area contributed by atoms with Crippen LogP contribution in [0.4, 0.5) is 13.2 Å². The van der Waals surface area contributed by atoms with Gasteiger partial charge in [-0.15, -0.1) is 0 Å². The second-order valence-electron chi connectivity index (χ2n) is 5.54. The van der Waals surface area contributed by atoms with E-state index in [1.54, 1.807) is 18.2 Å². The molecule has 1 aliphatic carbocycles. The summed E-state index contributed by atoms with van der Waals surface area (Å²) < 4.78 is 37.4. The second-order valence-corrected chi connectivity index (χ2v) is 5.54. The number of alkyl halides is 3. The first-order valence-corrected chi connectivity index (χ1v) is 6.81. The number of hydrogen-bond donors (Lipinski definition) is 1. The lowest BCUT2D eigenvalue weighted by Crippen LogP contribution is -2.37.